The van der Waals surface area contributed by atoms with Crippen LogP contribution in [0.4, 0.5) is 0 Å². The number of aromatic nitrogens is 6. The molecule has 0 aliphatic rings. The molecule has 0 aliphatic carbocycles. The van der Waals surface area contributed by atoms with E-state index in [1.165, 1.54) is 15.5 Å². The number of fused-ring (bicyclic) bond motifs is 5. The van der Waals surface area contributed by atoms with Crippen molar-refractivity contribution in [3.8, 4) is 79.5 Å². The summed E-state index contributed by atoms with van der Waals surface area (Å²) in [5.74, 6) is 3.62. The minimum absolute atomic E-state index is 0.581. The van der Waals surface area contributed by atoms with Crippen LogP contribution in [-0.2, 0) is 0 Å². The van der Waals surface area contributed by atoms with Gasteiger partial charge in [-0.2, -0.15) is 0 Å². The quantitative estimate of drug-likeness (QED) is 0.159. The van der Waals surface area contributed by atoms with Crippen LogP contribution in [0.1, 0.15) is 0 Å². The Hall–Kier alpha value is -8.26. The highest BCUT2D eigenvalue weighted by atomic mass is 32.1. The molecule has 6 nitrogen and oxygen atoms in total. The normalized spacial score (nSPS) is 11.5. The largest absolute Gasteiger partial charge is 0.208 e. The van der Waals surface area contributed by atoms with Crippen LogP contribution in [0.3, 0.4) is 0 Å². The molecule has 294 valence electrons. The molecule has 0 saturated heterocycles. The molecule has 0 amide bonds. The van der Waals surface area contributed by atoms with E-state index in [2.05, 4.69) is 146 Å². The van der Waals surface area contributed by atoms with Crippen LogP contribution in [0.2, 0.25) is 0 Å². The predicted octanol–water partition coefficient (Wildman–Crippen LogP) is 14.4. The smallest absolute Gasteiger partial charge is 0.165 e. The summed E-state index contributed by atoms with van der Waals surface area (Å²) in [5, 5.41) is 6.57. The second kappa shape index (κ2) is 15.3. The minimum Gasteiger partial charge on any atom is -0.208 e. The summed E-state index contributed by atoms with van der Waals surface area (Å²) in [6.07, 6.45) is 0. The zero-order valence-corrected chi connectivity index (χ0v) is 34.5. The fourth-order valence-electron chi connectivity index (χ4n) is 8.64. The topological polar surface area (TPSA) is 77.3 Å². The SMILES string of the molecule is c1ccc(-c2nc(-c3ccccc3)nc(-c3ccc(-c4nc(-c5ccc(-c6ccccc6)c6ccccc56)nc(-c5cccc6c5sc5ccccc56)n4)c4ccccc34)n2)cc1. The molecule has 7 heteroatoms. The molecule has 0 bridgehead atoms. The second-order valence-electron chi connectivity index (χ2n) is 15.4. The van der Waals surface area contributed by atoms with E-state index in [4.69, 9.17) is 29.9 Å². The van der Waals surface area contributed by atoms with Crippen LogP contribution < -0.4 is 0 Å². The summed E-state index contributed by atoms with van der Waals surface area (Å²) >= 11 is 1.77. The number of thiophene rings is 1. The molecular formula is C56H34N6S. The van der Waals surface area contributed by atoms with Crippen molar-refractivity contribution >= 4 is 53.1 Å². The number of nitrogens with zero attached hydrogens (tertiary/aromatic N) is 6. The summed E-state index contributed by atoms with van der Waals surface area (Å²) in [7, 11) is 0. The molecule has 3 aromatic heterocycles. The second-order valence-corrected chi connectivity index (χ2v) is 16.5. The van der Waals surface area contributed by atoms with Gasteiger partial charge in [0, 0.05) is 53.6 Å². The van der Waals surface area contributed by atoms with Gasteiger partial charge in [0.2, 0.25) is 0 Å². The van der Waals surface area contributed by atoms with E-state index in [1.54, 1.807) is 11.3 Å². The Kier molecular flexibility index (Phi) is 8.90. The molecular weight excluding hydrogens is 789 g/mol. The van der Waals surface area contributed by atoms with Crippen molar-refractivity contribution in [2.75, 3.05) is 0 Å². The molecule has 0 spiro atoms. The van der Waals surface area contributed by atoms with E-state index in [0.29, 0.717) is 34.9 Å². The van der Waals surface area contributed by atoms with Gasteiger partial charge in [0.25, 0.3) is 0 Å². The number of hydrogen-bond acceptors (Lipinski definition) is 7. The van der Waals surface area contributed by atoms with E-state index in [-0.39, 0.29) is 0 Å². The number of rotatable bonds is 7. The Bertz CT molecular complexity index is 3620. The zero-order chi connectivity index (χ0) is 41.7. The zero-order valence-electron chi connectivity index (χ0n) is 33.7. The maximum absolute atomic E-state index is 5.37. The fourth-order valence-corrected chi connectivity index (χ4v) is 9.85. The van der Waals surface area contributed by atoms with Crippen molar-refractivity contribution in [2.45, 2.75) is 0 Å². The molecule has 9 aromatic carbocycles. The summed E-state index contributed by atoms with van der Waals surface area (Å²) in [4.78, 5) is 31.3. The predicted molar refractivity (Wildman–Crippen MR) is 259 cm³/mol. The van der Waals surface area contributed by atoms with E-state index in [0.717, 1.165) is 70.8 Å². The Morgan fingerprint density at radius 1 is 0.222 bits per heavy atom. The van der Waals surface area contributed by atoms with E-state index < -0.39 is 0 Å². The van der Waals surface area contributed by atoms with Crippen LogP contribution in [0.5, 0.6) is 0 Å². The lowest BCUT2D eigenvalue weighted by Crippen LogP contribution is -2.02. The molecule has 0 atom stereocenters. The first-order valence-corrected chi connectivity index (χ1v) is 21.7. The Balaban J connectivity index is 1.09. The summed E-state index contributed by atoms with van der Waals surface area (Å²) in [5.41, 5.74) is 7.83. The van der Waals surface area contributed by atoms with Gasteiger partial charge in [0.15, 0.2) is 34.9 Å². The van der Waals surface area contributed by atoms with E-state index in [1.807, 2.05) is 60.7 Å². The molecule has 12 rings (SSSR count). The van der Waals surface area contributed by atoms with Crippen molar-refractivity contribution in [3.05, 3.63) is 206 Å². The van der Waals surface area contributed by atoms with E-state index >= 15 is 0 Å². The molecule has 63 heavy (non-hydrogen) atoms. The fraction of sp³-hybridized carbons (Fsp3) is 0. The highest BCUT2D eigenvalue weighted by Gasteiger charge is 2.21. The van der Waals surface area contributed by atoms with Gasteiger partial charge in [0.05, 0.1) is 0 Å². The third kappa shape index (κ3) is 6.50. The maximum Gasteiger partial charge on any atom is 0.165 e. The average molecular weight is 823 g/mol. The van der Waals surface area contributed by atoms with Crippen molar-refractivity contribution < 1.29 is 0 Å². The molecule has 0 unspecified atom stereocenters. The van der Waals surface area contributed by atoms with Crippen LogP contribution in [0.25, 0.3) is 121 Å². The van der Waals surface area contributed by atoms with Gasteiger partial charge in [-0.1, -0.05) is 176 Å². The Morgan fingerprint density at radius 3 is 1.08 bits per heavy atom. The molecule has 0 N–H and O–H groups in total. The van der Waals surface area contributed by atoms with Gasteiger partial charge in [-0.25, -0.2) is 29.9 Å². The minimum atomic E-state index is 0.581. The van der Waals surface area contributed by atoms with Gasteiger partial charge in [-0.3, -0.25) is 0 Å². The Morgan fingerprint density at radius 2 is 0.571 bits per heavy atom. The Labute approximate surface area is 367 Å². The maximum atomic E-state index is 5.37. The van der Waals surface area contributed by atoms with Crippen molar-refractivity contribution in [2.24, 2.45) is 0 Å². The first kappa shape index (κ1) is 36.6. The summed E-state index contributed by atoms with van der Waals surface area (Å²) in [6.45, 7) is 0. The van der Waals surface area contributed by atoms with Gasteiger partial charge < -0.3 is 0 Å². The van der Waals surface area contributed by atoms with Crippen molar-refractivity contribution in [3.63, 3.8) is 0 Å². The molecule has 3 heterocycles. The lowest BCUT2D eigenvalue weighted by Gasteiger charge is -2.15. The first-order chi connectivity index (χ1) is 31.2. The highest BCUT2D eigenvalue weighted by Crippen LogP contribution is 2.42. The van der Waals surface area contributed by atoms with Crippen molar-refractivity contribution in [1.29, 1.82) is 0 Å². The van der Waals surface area contributed by atoms with Crippen LogP contribution in [0, 0.1) is 0 Å². The molecule has 0 aliphatic heterocycles. The lowest BCUT2D eigenvalue weighted by atomic mass is 9.94. The molecule has 0 fully saturated rings. The standard InChI is InChI=1S/C56H34N6S/c1-4-17-35(18-5-1)38-31-32-45(40-24-11-10-23-39(38)40)54-60-55(62-56(61-54)48-29-16-28-44-43-27-14-15-30-49(43)63-50(44)48)47-34-33-46(41-25-12-13-26-42(41)47)53-58-51(36-19-6-2-7-20-36)57-52(59-53)37-21-8-3-9-22-37/h1-34H. The van der Waals surface area contributed by atoms with Gasteiger partial charge in [-0.05, 0) is 63.0 Å². The summed E-state index contributed by atoms with van der Waals surface area (Å²) in [6, 6.07) is 71.1. The van der Waals surface area contributed by atoms with Gasteiger partial charge in [-0.15, -0.1) is 11.3 Å². The highest BCUT2D eigenvalue weighted by molar-refractivity contribution is 7.26. The van der Waals surface area contributed by atoms with Gasteiger partial charge >= 0.3 is 0 Å². The van der Waals surface area contributed by atoms with Crippen LogP contribution in [0.15, 0.2) is 206 Å². The summed E-state index contributed by atoms with van der Waals surface area (Å²) < 4.78 is 2.37. The average Bonchev–Trinajstić information content (AvgIpc) is 3.75. The molecule has 0 radical (unpaired) electrons. The first-order valence-electron chi connectivity index (χ1n) is 20.9. The molecule has 0 saturated carbocycles. The van der Waals surface area contributed by atoms with Crippen LogP contribution >= 0.6 is 11.3 Å². The monoisotopic (exact) mass is 822 g/mol. The molecule has 12 aromatic rings. The van der Waals surface area contributed by atoms with E-state index in [9.17, 15) is 0 Å². The lowest BCUT2D eigenvalue weighted by molar-refractivity contribution is 1.07. The third-order valence-corrected chi connectivity index (χ3v) is 12.9. The third-order valence-electron chi connectivity index (χ3n) is 11.6. The number of benzene rings is 9. The number of hydrogen-bond donors (Lipinski definition) is 0. The van der Waals surface area contributed by atoms with Gasteiger partial charge in [0.1, 0.15) is 0 Å². The van der Waals surface area contributed by atoms with Crippen LogP contribution in [-0.4, -0.2) is 29.9 Å². The van der Waals surface area contributed by atoms with Crippen molar-refractivity contribution in [1.82, 2.24) is 29.9 Å².